The van der Waals surface area contributed by atoms with E-state index in [1.54, 1.807) is 0 Å². The molecular weight excluding hydrogens is 142 g/mol. The second-order valence-corrected chi connectivity index (χ2v) is 2.98. The number of hydroxylamine groups is 1. The van der Waals surface area contributed by atoms with Crippen LogP contribution in [0.1, 0.15) is 26.2 Å². The molecule has 0 aromatic rings. The molecule has 11 heavy (non-hydrogen) atoms. The Balaban J connectivity index is 2.22. The van der Waals surface area contributed by atoms with Gasteiger partial charge in [0.05, 0.1) is 6.04 Å². The van der Waals surface area contributed by atoms with Crippen LogP contribution in [0.2, 0.25) is 0 Å². The average Bonchev–Trinajstić information content (AvgIpc) is 2.69. The molecule has 0 heterocycles. The van der Waals surface area contributed by atoms with E-state index in [0.717, 1.165) is 6.42 Å². The predicted molar refractivity (Wildman–Crippen MR) is 43.3 cm³/mol. The summed E-state index contributed by atoms with van der Waals surface area (Å²) in [5.74, 6) is 0.834. The smallest absolute Gasteiger partial charge is 0.213 e. The van der Waals surface area contributed by atoms with E-state index in [2.05, 4.69) is 11.9 Å². The third-order valence-electron chi connectivity index (χ3n) is 1.96. The molecule has 1 rings (SSSR count). The van der Waals surface area contributed by atoms with Gasteiger partial charge < -0.3 is 5.73 Å². The maximum atomic E-state index is 8.32. The molecule has 0 bridgehead atoms. The number of hydrogen-bond donors (Lipinski definition) is 3. The third kappa shape index (κ3) is 2.38. The molecule has 1 saturated carbocycles. The number of guanidine groups is 1. The standard InChI is InChI=1S/C7H15N3O/c1-2-3-5-4-6(5)9-7(8)10-11/h5-6,11H,2-4H2,1H3,(H3,8,9,10). The number of aliphatic imine (C=N–C) groups is 1. The molecule has 0 aromatic heterocycles. The van der Waals surface area contributed by atoms with E-state index in [9.17, 15) is 0 Å². The van der Waals surface area contributed by atoms with Crippen molar-refractivity contribution in [1.29, 1.82) is 0 Å². The summed E-state index contributed by atoms with van der Waals surface area (Å²) in [4.78, 5) is 4.04. The van der Waals surface area contributed by atoms with Crippen molar-refractivity contribution in [3.8, 4) is 0 Å². The Morgan fingerprint density at radius 3 is 3.09 bits per heavy atom. The summed E-state index contributed by atoms with van der Waals surface area (Å²) in [5.41, 5.74) is 7.09. The Morgan fingerprint density at radius 1 is 1.82 bits per heavy atom. The van der Waals surface area contributed by atoms with Gasteiger partial charge in [-0.25, -0.2) is 10.5 Å². The zero-order valence-electron chi connectivity index (χ0n) is 6.75. The number of nitrogens with zero attached hydrogens (tertiary/aromatic N) is 1. The highest BCUT2D eigenvalue weighted by Crippen LogP contribution is 2.37. The molecule has 1 aliphatic rings. The van der Waals surface area contributed by atoms with Crippen molar-refractivity contribution in [3.05, 3.63) is 0 Å². The first-order valence-electron chi connectivity index (χ1n) is 4.01. The lowest BCUT2D eigenvalue weighted by molar-refractivity contribution is 0.232. The summed E-state index contributed by atoms with van der Waals surface area (Å²) < 4.78 is 0. The van der Waals surface area contributed by atoms with Crippen LogP contribution >= 0.6 is 0 Å². The second-order valence-electron chi connectivity index (χ2n) is 2.98. The Bertz CT molecular complexity index is 158. The first-order valence-corrected chi connectivity index (χ1v) is 4.01. The molecule has 1 aliphatic carbocycles. The van der Waals surface area contributed by atoms with Crippen molar-refractivity contribution in [3.63, 3.8) is 0 Å². The lowest BCUT2D eigenvalue weighted by Gasteiger charge is -1.95. The van der Waals surface area contributed by atoms with E-state index < -0.39 is 0 Å². The number of nitrogens with one attached hydrogen (secondary N) is 1. The fourth-order valence-electron chi connectivity index (χ4n) is 1.28. The molecule has 4 heteroatoms. The topological polar surface area (TPSA) is 70.6 Å². The van der Waals surface area contributed by atoms with Crippen LogP contribution in [-0.4, -0.2) is 17.2 Å². The summed E-state index contributed by atoms with van der Waals surface area (Å²) in [6, 6.07) is 0.356. The van der Waals surface area contributed by atoms with E-state index in [4.69, 9.17) is 10.9 Å². The van der Waals surface area contributed by atoms with E-state index >= 15 is 0 Å². The predicted octanol–water partition coefficient (Wildman–Crippen LogP) is 0.469. The maximum Gasteiger partial charge on any atom is 0.213 e. The molecule has 64 valence electrons. The lowest BCUT2D eigenvalue weighted by Crippen LogP contribution is -2.28. The number of hydrogen-bond acceptors (Lipinski definition) is 2. The zero-order chi connectivity index (χ0) is 8.27. The molecule has 4 nitrogen and oxygen atoms in total. The van der Waals surface area contributed by atoms with Gasteiger partial charge in [0.2, 0.25) is 5.96 Å². The fraction of sp³-hybridized carbons (Fsp3) is 0.857. The SMILES string of the molecule is CCCC1CC1N=C(N)NO. The van der Waals surface area contributed by atoms with Gasteiger partial charge in [0, 0.05) is 0 Å². The van der Waals surface area contributed by atoms with E-state index in [1.807, 2.05) is 5.48 Å². The van der Waals surface area contributed by atoms with Crippen molar-refractivity contribution in [2.75, 3.05) is 0 Å². The van der Waals surface area contributed by atoms with Gasteiger partial charge in [0.1, 0.15) is 0 Å². The highest BCUT2D eigenvalue weighted by molar-refractivity contribution is 5.76. The van der Waals surface area contributed by atoms with E-state index in [0.29, 0.717) is 12.0 Å². The molecule has 2 atom stereocenters. The normalized spacial score (nSPS) is 30.2. The van der Waals surface area contributed by atoms with Gasteiger partial charge in [-0.1, -0.05) is 13.3 Å². The monoisotopic (exact) mass is 157 g/mol. The van der Waals surface area contributed by atoms with Crippen LogP contribution in [0.15, 0.2) is 4.99 Å². The van der Waals surface area contributed by atoms with Gasteiger partial charge in [-0.3, -0.25) is 5.21 Å². The Hall–Kier alpha value is -0.770. The fourth-order valence-corrected chi connectivity index (χ4v) is 1.28. The average molecular weight is 157 g/mol. The maximum absolute atomic E-state index is 8.32. The van der Waals surface area contributed by atoms with Crippen LogP contribution in [0.3, 0.4) is 0 Å². The van der Waals surface area contributed by atoms with Crippen LogP contribution in [0.4, 0.5) is 0 Å². The number of rotatable bonds is 3. The molecule has 2 unspecified atom stereocenters. The second kappa shape index (κ2) is 3.57. The van der Waals surface area contributed by atoms with Gasteiger partial charge in [-0.2, -0.15) is 0 Å². The van der Waals surface area contributed by atoms with Gasteiger partial charge in [-0.15, -0.1) is 0 Å². The third-order valence-corrected chi connectivity index (χ3v) is 1.96. The van der Waals surface area contributed by atoms with Crippen molar-refractivity contribution in [2.24, 2.45) is 16.6 Å². The molecule has 0 spiro atoms. The van der Waals surface area contributed by atoms with Gasteiger partial charge in [0.25, 0.3) is 0 Å². The Morgan fingerprint density at radius 2 is 2.55 bits per heavy atom. The molecule has 0 aliphatic heterocycles. The minimum atomic E-state index is 0.133. The minimum absolute atomic E-state index is 0.133. The molecular formula is C7H15N3O. The summed E-state index contributed by atoms with van der Waals surface area (Å²) in [6.07, 6.45) is 3.53. The summed E-state index contributed by atoms with van der Waals surface area (Å²) in [5, 5.41) is 8.32. The van der Waals surface area contributed by atoms with Crippen LogP contribution in [0.25, 0.3) is 0 Å². The van der Waals surface area contributed by atoms with Gasteiger partial charge >= 0.3 is 0 Å². The highest BCUT2D eigenvalue weighted by Gasteiger charge is 2.35. The largest absolute Gasteiger partial charge is 0.368 e. The van der Waals surface area contributed by atoms with E-state index in [-0.39, 0.29) is 5.96 Å². The van der Waals surface area contributed by atoms with Gasteiger partial charge in [0.15, 0.2) is 0 Å². The molecule has 0 aromatic carbocycles. The van der Waals surface area contributed by atoms with Crippen molar-refractivity contribution >= 4 is 5.96 Å². The molecule has 0 amide bonds. The zero-order valence-corrected chi connectivity index (χ0v) is 6.75. The van der Waals surface area contributed by atoms with E-state index in [1.165, 1.54) is 12.8 Å². The molecule has 0 radical (unpaired) electrons. The first-order chi connectivity index (χ1) is 5.27. The minimum Gasteiger partial charge on any atom is -0.368 e. The van der Waals surface area contributed by atoms with Crippen LogP contribution < -0.4 is 11.2 Å². The van der Waals surface area contributed by atoms with Crippen molar-refractivity contribution in [2.45, 2.75) is 32.2 Å². The summed E-state index contributed by atoms with van der Waals surface area (Å²) >= 11 is 0. The summed E-state index contributed by atoms with van der Waals surface area (Å²) in [7, 11) is 0. The molecule has 1 fully saturated rings. The van der Waals surface area contributed by atoms with Gasteiger partial charge in [-0.05, 0) is 18.8 Å². The highest BCUT2D eigenvalue weighted by atomic mass is 16.5. The first kappa shape index (κ1) is 8.33. The van der Waals surface area contributed by atoms with Crippen LogP contribution in [0.5, 0.6) is 0 Å². The Kier molecular flexibility index (Phi) is 2.70. The van der Waals surface area contributed by atoms with Crippen molar-refractivity contribution < 1.29 is 5.21 Å². The summed E-state index contributed by atoms with van der Waals surface area (Å²) in [6.45, 7) is 2.16. The van der Waals surface area contributed by atoms with Crippen LogP contribution in [0, 0.1) is 5.92 Å². The lowest BCUT2D eigenvalue weighted by atomic mass is 10.2. The Labute approximate surface area is 66.5 Å². The molecule has 0 saturated heterocycles. The molecule has 4 N–H and O–H groups in total. The quantitative estimate of drug-likeness (QED) is 0.317. The number of nitrogens with two attached hydrogens (primary N) is 1. The van der Waals surface area contributed by atoms with Crippen molar-refractivity contribution in [1.82, 2.24) is 5.48 Å². The van der Waals surface area contributed by atoms with Crippen LogP contribution in [-0.2, 0) is 0 Å².